The Bertz CT molecular complexity index is 1420. The summed E-state index contributed by atoms with van der Waals surface area (Å²) in [4.78, 5) is 17.1. The first kappa shape index (κ1) is 19.0. The molecule has 0 saturated heterocycles. The number of hydrogen-bond acceptors (Lipinski definition) is 5. The second kappa shape index (κ2) is 7.70. The Morgan fingerprint density at radius 2 is 1.74 bits per heavy atom. The number of para-hydroxylation sites is 1. The van der Waals surface area contributed by atoms with Crippen LogP contribution in [0.1, 0.15) is 16.1 Å². The van der Waals surface area contributed by atoms with Crippen molar-refractivity contribution in [3.05, 3.63) is 84.1 Å². The monoisotopic (exact) mass is 427 g/mol. The standard InChI is InChI=1S/C24H17N3O3S/c1-14-6-2-4-8-17(14)23-26-18-13-16(10-11-20(18)30-23)25-24(31)27-22(28)21-12-15-7-3-5-9-19(15)29-21/h2-13H,1H3,(H2,25,27,28,31). The van der Waals surface area contributed by atoms with Crippen molar-refractivity contribution < 1.29 is 13.6 Å². The lowest BCUT2D eigenvalue weighted by atomic mass is 10.1. The predicted octanol–water partition coefficient (Wildman–Crippen LogP) is 5.68. The summed E-state index contributed by atoms with van der Waals surface area (Å²) in [6.45, 7) is 2.01. The molecular formula is C24H17N3O3S. The Morgan fingerprint density at radius 1 is 0.935 bits per heavy atom. The van der Waals surface area contributed by atoms with Gasteiger partial charge in [0.15, 0.2) is 16.5 Å². The molecule has 0 unspecified atom stereocenters. The highest BCUT2D eigenvalue weighted by Gasteiger charge is 2.15. The van der Waals surface area contributed by atoms with E-state index in [1.165, 1.54) is 0 Å². The Kier molecular flexibility index (Phi) is 4.72. The van der Waals surface area contributed by atoms with Crippen LogP contribution in [0.2, 0.25) is 0 Å². The van der Waals surface area contributed by atoms with Crippen molar-refractivity contribution in [2.24, 2.45) is 0 Å². The second-order valence-electron chi connectivity index (χ2n) is 7.07. The first-order chi connectivity index (χ1) is 15.1. The van der Waals surface area contributed by atoms with E-state index in [1.54, 1.807) is 12.1 Å². The lowest BCUT2D eigenvalue weighted by Gasteiger charge is -2.08. The third-order valence-corrected chi connectivity index (χ3v) is 5.10. The summed E-state index contributed by atoms with van der Waals surface area (Å²) >= 11 is 5.29. The average Bonchev–Trinajstić information content (AvgIpc) is 3.37. The van der Waals surface area contributed by atoms with E-state index in [1.807, 2.05) is 67.6 Å². The van der Waals surface area contributed by atoms with Gasteiger partial charge < -0.3 is 14.2 Å². The van der Waals surface area contributed by atoms with Crippen molar-refractivity contribution >= 4 is 51.0 Å². The number of amides is 1. The van der Waals surface area contributed by atoms with E-state index in [9.17, 15) is 4.79 Å². The molecule has 5 aromatic rings. The number of rotatable bonds is 3. The molecule has 0 atom stereocenters. The molecule has 0 radical (unpaired) electrons. The molecular weight excluding hydrogens is 410 g/mol. The third-order valence-electron chi connectivity index (χ3n) is 4.90. The maximum atomic E-state index is 12.5. The molecule has 0 spiro atoms. The van der Waals surface area contributed by atoms with Gasteiger partial charge in [-0.1, -0.05) is 36.4 Å². The molecule has 2 heterocycles. The van der Waals surface area contributed by atoms with Crippen molar-refractivity contribution in [3.8, 4) is 11.5 Å². The number of hydrogen-bond donors (Lipinski definition) is 2. The normalized spacial score (nSPS) is 11.0. The fraction of sp³-hybridized carbons (Fsp3) is 0.0417. The second-order valence-corrected chi connectivity index (χ2v) is 7.48. The van der Waals surface area contributed by atoms with E-state index in [4.69, 9.17) is 21.1 Å². The molecule has 1 amide bonds. The number of anilines is 1. The van der Waals surface area contributed by atoms with Crippen LogP contribution in [-0.2, 0) is 0 Å². The van der Waals surface area contributed by atoms with Crippen LogP contribution in [0.15, 0.2) is 81.6 Å². The molecule has 0 aliphatic heterocycles. The summed E-state index contributed by atoms with van der Waals surface area (Å²) in [6.07, 6.45) is 0. The van der Waals surface area contributed by atoms with Gasteiger partial charge in [-0.15, -0.1) is 0 Å². The van der Waals surface area contributed by atoms with E-state index >= 15 is 0 Å². The minimum Gasteiger partial charge on any atom is -0.451 e. The van der Waals surface area contributed by atoms with Crippen molar-refractivity contribution in [1.82, 2.24) is 10.3 Å². The number of aryl methyl sites for hydroxylation is 1. The van der Waals surface area contributed by atoms with Gasteiger partial charge in [-0.05, 0) is 61.1 Å². The lowest BCUT2D eigenvalue weighted by molar-refractivity contribution is 0.0953. The van der Waals surface area contributed by atoms with Crippen LogP contribution in [0.3, 0.4) is 0 Å². The molecule has 5 rings (SSSR count). The van der Waals surface area contributed by atoms with Crippen LogP contribution in [0.4, 0.5) is 5.69 Å². The molecule has 6 nitrogen and oxygen atoms in total. The highest BCUT2D eigenvalue weighted by Crippen LogP contribution is 2.28. The van der Waals surface area contributed by atoms with E-state index < -0.39 is 5.91 Å². The molecule has 31 heavy (non-hydrogen) atoms. The fourth-order valence-electron chi connectivity index (χ4n) is 3.35. The Labute approximate surface area is 182 Å². The smallest absolute Gasteiger partial charge is 0.293 e. The zero-order valence-corrected chi connectivity index (χ0v) is 17.3. The highest BCUT2D eigenvalue weighted by atomic mass is 32.1. The first-order valence-corrected chi connectivity index (χ1v) is 10.1. The lowest BCUT2D eigenvalue weighted by Crippen LogP contribution is -2.33. The van der Waals surface area contributed by atoms with Gasteiger partial charge in [0.05, 0.1) is 0 Å². The minimum atomic E-state index is -0.418. The minimum absolute atomic E-state index is 0.160. The molecule has 0 bridgehead atoms. The average molecular weight is 427 g/mol. The summed E-state index contributed by atoms with van der Waals surface area (Å²) in [7, 11) is 0. The molecule has 0 aliphatic carbocycles. The zero-order chi connectivity index (χ0) is 21.4. The number of benzene rings is 3. The van der Waals surface area contributed by atoms with Crippen LogP contribution < -0.4 is 10.6 Å². The molecule has 7 heteroatoms. The predicted molar refractivity (Wildman–Crippen MR) is 124 cm³/mol. The Balaban J connectivity index is 1.32. The molecule has 3 aromatic carbocycles. The van der Waals surface area contributed by atoms with Gasteiger partial charge in [-0.3, -0.25) is 10.1 Å². The van der Waals surface area contributed by atoms with Crippen molar-refractivity contribution in [1.29, 1.82) is 0 Å². The molecule has 152 valence electrons. The van der Waals surface area contributed by atoms with Crippen LogP contribution in [0.5, 0.6) is 0 Å². The summed E-state index contributed by atoms with van der Waals surface area (Å²) in [6, 6.07) is 22.5. The van der Waals surface area contributed by atoms with Crippen LogP contribution in [-0.4, -0.2) is 16.0 Å². The van der Waals surface area contributed by atoms with Gasteiger partial charge in [0, 0.05) is 16.6 Å². The largest absolute Gasteiger partial charge is 0.451 e. The van der Waals surface area contributed by atoms with Crippen molar-refractivity contribution in [2.45, 2.75) is 6.92 Å². The number of fused-ring (bicyclic) bond motifs is 2. The van der Waals surface area contributed by atoms with E-state index in [-0.39, 0.29) is 10.9 Å². The zero-order valence-electron chi connectivity index (χ0n) is 16.5. The molecule has 0 aliphatic rings. The first-order valence-electron chi connectivity index (χ1n) is 9.64. The Hall–Kier alpha value is -3.97. The summed E-state index contributed by atoms with van der Waals surface area (Å²) < 4.78 is 11.5. The number of carbonyl (C=O) groups excluding carboxylic acids is 1. The topological polar surface area (TPSA) is 80.3 Å². The maximum absolute atomic E-state index is 12.5. The number of thiocarbonyl (C=S) groups is 1. The SMILES string of the molecule is Cc1ccccc1-c1nc2cc(NC(=S)NC(=O)c3cc4ccccc4o3)ccc2o1. The number of carbonyl (C=O) groups is 1. The van der Waals surface area contributed by atoms with Crippen LogP contribution in [0, 0.1) is 6.92 Å². The number of nitrogens with zero attached hydrogens (tertiary/aromatic N) is 1. The fourth-order valence-corrected chi connectivity index (χ4v) is 3.56. The maximum Gasteiger partial charge on any atom is 0.293 e. The van der Waals surface area contributed by atoms with Gasteiger partial charge in [0.25, 0.3) is 5.91 Å². The van der Waals surface area contributed by atoms with Gasteiger partial charge in [0.1, 0.15) is 11.1 Å². The molecule has 2 aromatic heterocycles. The summed E-state index contributed by atoms with van der Waals surface area (Å²) in [5.41, 5.74) is 4.72. The van der Waals surface area contributed by atoms with E-state index in [0.717, 1.165) is 16.5 Å². The van der Waals surface area contributed by atoms with E-state index in [2.05, 4.69) is 15.6 Å². The van der Waals surface area contributed by atoms with Gasteiger partial charge in [0.2, 0.25) is 5.89 Å². The van der Waals surface area contributed by atoms with E-state index in [0.29, 0.717) is 28.3 Å². The number of oxazole rings is 1. The van der Waals surface area contributed by atoms with Crippen molar-refractivity contribution in [2.75, 3.05) is 5.32 Å². The van der Waals surface area contributed by atoms with Gasteiger partial charge >= 0.3 is 0 Å². The van der Waals surface area contributed by atoms with Crippen LogP contribution in [0.25, 0.3) is 33.5 Å². The molecule has 0 saturated carbocycles. The Morgan fingerprint density at radius 3 is 2.58 bits per heavy atom. The molecule has 2 N–H and O–H groups in total. The quantitative estimate of drug-likeness (QED) is 0.361. The van der Waals surface area contributed by atoms with Crippen molar-refractivity contribution in [3.63, 3.8) is 0 Å². The number of furan rings is 1. The third kappa shape index (κ3) is 3.78. The van der Waals surface area contributed by atoms with Gasteiger partial charge in [-0.25, -0.2) is 4.98 Å². The summed E-state index contributed by atoms with van der Waals surface area (Å²) in [5, 5.41) is 6.65. The van der Waals surface area contributed by atoms with Crippen LogP contribution >= 0.6 is 12.2 Å². The number of nitrogens with one attached hydrogen (secondary N) is 2. The van der Waals surface area contributed by atoms with Gasteiger partial charge in [-0.2, -0.15) is 0 Å². The highest BCUT2D eigenvalue weighted by molar-refractivity contribution is 7.80. The summed E-state index contributed by atoms with van der Waals surface area (Å²) in [5.74, 6) is 0.337. The molecule has 0 fully saturated rings. The number of aromatic nitrogens is 1.